The van der Waals surface area contributed by atoms with Gasteiger partial charge in [0.25, 0.3) is 5.69 Å². The van der Waals surface area contributed by atoms with Gasteiger partial charge < -0.3 is 5.32 Å². The van der Waals surface area contributed by atoms with Gasteiger partial charge in [-0.05, 0) is 44.5 Å². The van der Waals surface area contributed by atoms with E-state index in [0.29, 0.717) is 17.9 Å². The van der Waals surface area contributed by atoms with E-state index in [-0.39, 0.29) is 23.5 Å². The van der Waals surface area contributed by atoms with Crippen LogP contribution in [0.4, 0.5) is 17.1 Å². The number of nitrogens with zero attached hydrogens (tertiary/aromatic N) is 3. The zero-order chi connectivity index (χ0) is 22.4. The Labute approximate surface area is 183 Å². The van der Waals surface area contributed by atoms with E-state index in [4.69, 9.17) is 0 Å². The Morgan fingerprint density at radius 1 is 1.09 bits per heavy atom. The van der Waals surface area contributed by atoms with Crippen LogP contribution in [0.25, 0.3) is 0 Å². The lowest BCUT2D eigenvalue weighted by atomic mass is 9.75. The van der Waals surface area contributed by atoms with Gasteiger partial charge in [0.2, 0.25) is 17.7 Å². The van der Waals surface area contributed by atoms with Crippen LogP contribution in [0.5, 0.6) is 0 Å². The Hall–Kier alpha value is -3.59. The fourth-order valence-corrected chi connectivity index (χ4v) is 6.29. The predicted molar refractivity (Wildman–Crippen MR) is 114 cm³/mol. The number of rotatable bonds is 2. The molecule has 32 heavy (non-hydrogen) atoms. The molecule has 4 atom stereocenters. The van der Waals surface area contributed by atoms with Gasteiger partial charge in [0.05, 0.1) is 22.4 Å². The maximum atomic E-state index is 13.8. The summed E-state index contributed by atoms with van der Waals surface area (Å²) in [6.45, 7) is 2.59. The third-order valence-electron chi connectivity index (χ3n) is 7.47. The highest BCUT2D eigenvalue weighted by Crippen LogP contribution is 2.60. The number of anilines is 2. The fourth-order valence-electron chi connectivity index (χ4n) is 6.29. The summed E-state index contributed by atoms with van der Waals surface area (Å²) in [5.41, 5.74) is 1.38. The third-order valence-corrected chi connectivity index (χ3v) is 7.47. The Morgan fingerprint density at radius 2 is 1.84 bits per heavy atom. The minimum absolute atomic E-state index is 0.119. The normalized spacial score (nSPS) is 30.6. The molecule has 3 fully saturated rings. The van der Waals surface area contributed by atoms with Gasteiger partial charge in [0.15, 0.2) is 0 Å². The summed E-state index contributed by atoms with van der Waals surface area (Å²) in [6, 6.07) is 10.9. The number of amides is 3. The quantitative estimate of drug-likeness (QED) is 0.443. The van der Waals surface area contributed by atoms with Gasteiger partial charge in [0.1, 0.15) is 5.54 Å². The first-order valence-electron chi connectivity index (χ1n) is 10.7. The van der Waals surface area contributed by atoms with Crippen molar-refractivity contribution in [2.24, 2.45) is 11.8 Å². The second-order valence-electron chi connectivity index (χ2n) is 8.96. The molecule has 3 saturated heterocycles. The van der Waals surface area contributed by atoms with Crippen LogP contribution in [-0.2, 0) is 19.9 Å². The van der Waals surface area contributed by atoms with E-state index < -0.39 is 28.2 Å². The van der Waals surface area contributed by atoms with Crippen molar-refractivity contribution < 1.29 is 19.3 Å². The third kappa shape index (κ3) is 2.13. The zero-order valence-corrected chi connectivity index (χ0v) is 17.3. The van der Waals surface area contributed by atoms with Crippen molar-refractivity contribution in [2.45, 2.75) is 31.3 Å². The van der Waals surface area contributed by atoms with E-state index >= 15 is 0 Å². The maximum absolute atomic E-state index is 13.8. The Morgan fingerprint density at radius 3 is 2.56 bits per heavy atom. The molecule has 0 radical (unpaired) electrons. The lowest BCUT2D eigenvalue weighted by Crippen LogP contribution is -2.54. The Balaban J connectivity index is 1.51. The van der Waals surface area contributed by atoms with Gasteiger partial charge in [-0.25, -0.2) is 4.90 Å². The zero-order valence-electron chi connectivity index (χ0n) is 17.3. The SMILES string of the molecule is Cc1ccc2c(c1)[C@@]1(C(=O)N2)[C@@H]2C(=O)N(c3ccc([N+](=O)[O-])cc3)C(=O)[C@@H]2[C@H]2CCCN21. The lowest BCUT2D eigenvalue weighted by molar-refractivity contribution is -0.384. The van der Waals surface area contributed by atoms with Crippen LogP contribution in [0.2, 0.25) is 0 Å². The minimum atomic E-state index is -1.21. The predicted octanol–water partition coefficient (Wildman–Crippen LogP) is 2.33. The second-order valence-corrected chi connectivity index (χ2v) is 8.96. The number of imide groups is 1. The molecule has 9 heteroatoms. The molecular formula is C23H20N4O5. The van der Waals surface area contributed by atoms with E-state index in [1.807, 2.05) is 25.1 Å². The summed E-state index contributed by atoms with van der Waals surface area (Å²) >= 11 is 0. The summed E-state index contributed by atoms with van der Waals surface area (Å²) < 4.78 is 0. The Bertz CT molecular complexity index is 1230. The van der Waals surface area contributed by atoms with E-state index in [1.165, 1.54) is 24.3 Å². The van der Waals surface area contributed by atoms with Crippen molar-refractivity contribution in [3.8, 4) is 0 Å². The molecule has 3 amide bonds. The molecule has 0 unspecified atom stereocenters. The van der Waals surface area contributed by atoms with E-state index in [1.54, 1.807) is 0 Å². The molecule has 0 aromatic heterocycles. The van der Waals surface area contributed by atoms with Crippen LogP contribution < -0.4 is 10.2 Å². The average molecular weight is 432 g/mol. The smallest absolute Gasteiger partial charge is 0.269 e. The molecule has 4 aliphatic rings. The number of aryl methyl sites for hydroxylation is 1. The van der Waals surface area contributed by atoms with Crippen molar-refractivity contribution in [2.75, 3.05) is 16.8 Å². The number of hydrogen-bond donors (Lipinski definition) is 1. The number of non-ortho nitro benzene ring substituents is 1. The molecule has 2 aromatic carbocycles. The number of hydrogen-bond acceptors (Lipinski definition) is 6. The largest absolute Gasteiger partial charge is 0.324 e. The first-order chi connectivity index (χ1) is 15.4. The minimum Gasteiger partial charge on any atom is -0.324 e. The van der Waals surface area contributed by atoms with Crippen molar-refractivity contribution in [1.82, 2.24) is 4.90 Å². The molecular weight excluding hydrogens is 412 g/mol. The lowest BCUT2D eigenvalue weighted by Gasteiger charge is -2.36. The van der Waals surface area contributed by atoms with Gasteiger partial charge in [0, 0.05) is 29.4 Å². The number of nitro groups is 1. The van der Waals surface area contributed by atoms with Gasteiger partial charge in [-0.2, -0.15) is 0 Å². The highest BCUT2D eigenvalue weighted by molar-refractivity contribution is 6.25. The monoisotopic (exact) mass is 432 g/mol. The van der Waals surface area contributed by atoms with Gasteiger partial charge in [-0.1, -0.05) is 17.7 Å². The number of nitro benzene ring substituents is 1. The van der Waals surface area contributed by atoms with Crippen LogP contribution in [-0.4, -0.2) is 40.1 Å². The fraction of sp³-hybridized carbons (Fsp3) is 0.348. The van der Waals surface area contributed by atoms with Crippen LogP contribution in [0.3, 0.4) is 0 Å². The van der Waals surface area contributed by atoms with Crippen molar-refractivity contribution in [1.29, 1.82) is 0 Å². The standard InChI is InChI=1S/C23H20N4O5/c1-12-4-9-16-15(11-12)23(22(30)24-16)19-18(17-3-2-10-25(17)23)20(28)26(21(19)29)13-5-7-14(8-6-13)27(31)32/h4-9,11,17-19H,2-3,10H2,1H3,(H,24,30)/t17-,18-,19+,23+/m1/s1. The number of carbonyl (C=O) groups excluding carboxylic acids is 3. The molecule has 162 valence electrons. The molecule has 9 nitrogen and oxygen atoms in total. The molecule has 0 saturated carbocycles. The first kappa shape index (κ1) is 19.1. The first-order valence-corrected chi connectivity index (χ1v) is 10.7. The molecule has 1 N–H and O–H groups in total. The topological polar surface area (TPSA) is 113 Å². The van der Waals surface area contributed by atoms with Gasteiger partial charge in [-0.15, -0.1) is 0 Å². The number of fused-ring (bicyclic) bond motifs is 7. The number of benzene rings is 2. The van der Waals surface area contributed by atoms with E-state index in [0.717, 1.165) is 28.9 Å². The highest BCUT2D eigenvalue weighted by atomic mass is 16.6. The van der Waals surface area contributed by atoms with Crippen LogP contribution in [0.15, 0.2) is 42.5 Å². The maximum Gasteiger partial charge on any atom is 0.269 e. The average Bonchev–Trinajstić information content (AvgIpc) is 3.47. The molecule has 4 heterocycles. The molecule has 0 aliphatic carbocycles. The van der Waals surface area contributed by atoms with Crippen LogP contribution in [0, 0.1) is 28.9 Å². The molecule has 4 aliphatic heterocycles. The summed E-state index contributed by atoms with van der Waals surface area (Å²) in [5, 5.41) is 14.0. The molecule has 0 bridgehead atoms. The summed E-state index contributed by atoms with van der Waals surface area (Å²) in [6.07, 6.45) is 1.59. The van der Waals surface area contributed by atoms with Crippen LogP contribution in [0.1, 0.15) is 24.0 Å². The van der Waals surface area contributed by atoms with Crippen molar-refractivity contribution >= 4 is 34.8 Å². The van der Waals surface area contributed by atoms with E-state index in [2.05, 4.69) is 10.2 Å². The Kier molecular flexibility index (Phi) is 3.72. The highest BCUT2D eigenvalue weighted by Gasteiger charge is 2.74. The number of nitrogens with one attached hydrogen (secondary N) is 1. The summed E-state index contributed by atoms with van der Waals surface area (Å²) in [4.78, 5) is 54.6. The van der Waals surface area contributed by atoms with Gasteiger partial charge >= 0.3 is 0 Å². The second kappa shape index (κ2) is 6.23. The molecule has 2 aromatic rings. The summed E-state index contributed by atoms with van der Waals surface area (Å²) in [5.74, 6) is -2.48. The van der Waals surface area contributed by atoms with Crippen LogP contribution >= 0.6 is 0 Å². The number of carbonyl (C=O) groups is 3. The molecule has 1 spiro atoms. The van der Waals surface area contributed by atoms with Gasteiger partial charge in [-0.3, -0.25) is 29.4 Å². The van der Waals surface area contributed by atoms with Crippen molar-refractivity contribution in [3.63, 3.8) is 0 Å². The molecule has 6 rings (SSSR count). The summed E-state index contributed by atoms with van der Waals surface area (Å²) in [7, 11) is 0. The van der Waals surface area contributed by atoms with Crippen molar-refractivity contribution in [3.05, 3.63) is 63.7 Å². The van der Waals surface area contributed by atoms with E-state index in [9.17, 15) is 24.5 Å².